The van der Waals surface area contributed by atoms with Gasteiger partial charge in [-0.25, -0.2) is 17.9 Å². The number of aliphatic hydroxyl groups excluding tert-OH is 1. The van der Waals surface area contributed by atoms with E-state index in [2.05, 4.69) is 32.4 Å². The highest BCUT2D eigenvalue weighted by Gasteiger charge is 2.62. The van der Waals surface area contributed by atoms with Crippen LogP contribution < -0.4 is 4.72 Å². The first-order chi connectivity index (χ1) is 20.9. The molecule has 1 amide bonds. The van der Waals surface area contributed by atoms with Gasteiger partial charge < -0.3 is 9.84 Å². The summed E-state index contributed by atoms with van der Waals surface area (Å²) in [4.78, 5) is 13.6. The fraction of sp³-hybridized carbons (Fsp3) is 0.694. The van der Waals surface area contributed by atoms with Gasteiger partial charge in [-0.1, -0.05) is 63.9 Å². The molecule has 4 aliphatic rings. The molecule has 10 atom stereocenters. The molecule has 4 saturated carbocycles. The summed E-state index contributed by atoms with van der Waals surface area (Å²) < 4.78 is 33.8. The Kier molecular flexibility index (Phi) is 8.77. The molecule has 8 heteroatoms. The highest BCUT2D eigenvalue weighted by Crippen LogP contribution is 2.69. The van der Waals surface area contributed by atoms with Crippen LogP contribution in [0.5, 0.6) is 0 Å². The van der Waals surface area contributed by atoms with Crippen molar-refractivity contribution in [2.75, 3.05) is 6.61 Å². The summed E-state index contributed by atoms with van der Waals surface area (Å²) in [6.07, 6.45) is 9.38. The second kappa shape index (κ2) is 12.0. The summed E-state index contributed by atoms with van der Waals surface area (Å²) in [7, 11) is -4.01. The third-order valence-corrected chi connectivity index (χ3v) is 15.9. The molecule has 1 aromatic carbocycles. The van der Waals surface area contributed by atoms with E-state index in [9.17, 15) is 18.3 Å². The summed E-state index contributed by atoms with van der Waals surface area (Å²) >= 11 is 1.14. The van der Waals surface area contributed by atoms with Gasteiger partial charge in [0.15, 0.2) is 0 Å². The molecule has 2 aromatic rings. The van der Waals surface area contributed by atoms with Gasteiger partial charge in [0, 0.05) is 4.88 Å². The van der Waals surface area contributed by atoms with E-state index >= 15 is 0 Å². The largest absolute Gasteiger partial charge is 0.449 e. The molecule has 1 heterocycles. The second-order valence-corrected chi connectivity index (χ2v) is 18.2. The number of sulfonamides is 1. The molecule has 0 radical (unpaired) electrons. The number of fused-ring (bicyclic) bond motifs is 5. The Morgan fingerprint density at radius 1 is 1.00 bits per heavy atom. The lowest BCUT2D eigenvalue weighted by atomic mass is 9.42. The predicted octanol–water partition coefficient (Wildman–Crippen LogP) is 8.43. The molecule has 0 saturated heterocycles. The van der Waals surface area contributed by atoms with Crippen LogP contribution in [0.1, 0.15) is 91.0 Å². The maximum absolute atomic E-state index is 13.0. The van der Waals surface area contributed by atoms with Crippen molar-refractivity contribution in [2.45, 2.75) is 103 Å². The van der Waals surface area contributed by atoms with Crippen molar-refractivity contribution in [3.8, 4) is 10.4 Å². The smallest absolute Gasteiger partial charge is 0.421 e. The van der Waals surface area contributed by atoms with E-state index in [0.29, 0.717) is 29.1 Å². The van der Waals surface area contributed by atoms with Gasteiger partial charge in [-0.15, -0.1) is 11.3 Å². The van der Waals surface area contributed by atoms with E-state index in [1.54, 1.807) is 12.1 Å². The Bertz CT molecular complexity index is 1450. The lowest BCUT2D eigenvalue weighted by Gasteiger charge is -2.63. The van der Waals surface area contributed by atoms with Gasteiger partial charge in [0.1, 0.15) is 4.21 Å². The van der Waals surface area contributed by atoms with E-state index in [1.807, 2.05) is 31.2 Å². The Hall–Kier alpha value is -1.90. The number of benzene rings is 1. The van der Waals surface area contributed by atoms with Gasteiger partial charge >= 0.3 is 6.09 Å². The average Bonchev–Trinajstić information content (AvgIpc) is 3.62. The van der Waals surface area contributed by atoms with Gasteiger partial charge in [-0.2, -0.15) is 0 Å². The molecule has 1 aromatic heterocycles. The number of hydrogen-bond acceptors (Lipinski definition) is 6. The van der Waals surface area contributed by atoms with E-state index < -0.39 is 16.1 Å². The normalized spacial score (nSPS) is 37.4. The number of hydrogen-bond donors (Lipinski definition) is 2. The lowest BCUT2D eigenvalue weighted by molar-refractivity contribution is -0.153. The molecule has 1 unspecified atom stereocenters. The summed E-state index contributed by atoms with van der Waals surface area (Å²) in [5.74, 6) is 4.10. The fourth-order valence-corrected chi connectivity index (χ4v) is 13.0. The molecule has 6 rings (SSSR count). The minimum atomic E-state index is -4.01. The van der Waals surface area contributed by atoms with Crippen LogP contribution in [0.15, 0.2) is 40.6 Å². The zero-order chi connectivity index (χ0) is 31.4. The number of thiophene rings is 1. The molecular formula is C36H51NO5S2. The van der Waals surface area contributed by atoms with E-state index in [1.165, 1.54) is 32.1 Å². The highest BCUT2D eigenvalue weighted by atomic mass is 32.2. The van der Waals surface area contributed by atoms with Crippen LogP contribution in [-0.2, 0) is 14.8 Å². The van der Waals surface area contributed by atoms with Crippen molar-refractivity contribution in [1.29, 1.82) is 0 Å². The summed E-state index contributed by atoms with van der Waals surface area (Å²) in [6, 6.07) is 11.2. The Balaban J connectivity index is 1.08. The predicted molar refractivity (Wildman–Crippen MR) is 176 cm³/mol. The zero-order valence-corrected chi connectivity index (χ0v) is 28.7. The maximum Gasteiger partial charge on any atom is 0.421 e. The molecule has 6 nitrogen and oxygen atoms in total. The first-order valence-electron chi connectivity index (χ1n) is 16.9. The van der Waals surface area contributed by atoms with Gasteiger partial charge in [0.05, 0.1) is 12.7 Å². The number of carbonyl (C=O) groups is 1. The summed E-state index contributed by atoms with van der Waals surface area (Å²) in [5.41, 5.74) is 2.63. The molecule has 44 heavy (non-hydrogen) atoms. The minimum absolute atomic E-state index is 0.0993. The molecular weight excluding hydrogens is 591 g/mol. The first-order valence-corrected chi connectivity index (χ1v) is 19.2. The van der Waals surface area contributed by atoms with Crippen LogP contribution in [0, 0.1) is 59.2 Å². The van der Waals surface area contributed by atoms with Crippen LogP contribution in [0.25, 0.3) is 10.4 Å². The fourth-order valence-electron chi connectivity index (χ4n) is 10.8. The number of ether oxygens (including phenoxy) is 1. The molecule has 0 spiro atoms. The number of amides is 1. The third kappa shape index (κ3) is 5.66. The lowest BCUT2D eigenvalue weighted by Crippen LogP contribution is -2.56. The van der Waals surface area contributed by atoms with E-state index in [0.717, 1.165) is 64.9 Å². The highest BCUT2D eigenvalue weighted by molar-refractivity contribution is 7.92. The van der Waals surface area contributed by atoms with Gasteiger partial charge in [-0.3, -0.25) is 0 Å². The quantitative estimate of drug-likeness (QED) is 0.317. The standard InChI is InChI=1S/C36H51NO5S2/c1-6-24-19-27-29-12-11-28(35(29,4)18-16-30(27)36(5)17-15-26(38)20-31(24)36)23(3)21-42-34(39)37-44(40,41)33-14-13-32(43-33)25-9-7-22(2)8-10-25/h7-10,13-14,23-24,26-31,38H,6,11-12,15-21H2,1-5H3,(H,37,39)/t23-,24+,26-,27+,28-,29?,30+,31+,35-,36-/m1/s1. The molecule has 2 N–H and O–H groups in total. The Morgan fingerprint density at radius 2 is 1.70 bits per heavy atom. The van der Waals surface area contributed by atoms with Crippen LogP contribution in [0.4, 0.5) is 4.79 Å². The van der Waals surface area contributed by atoms with Gasteiger partial charge in [0.25, 0.3) is 10.0 Å². The summed E-state index contributed by atoms with van der Waals surface area (Å²) in [6.45, 7) is 11.8. The molecule has 242 valence electrons. The van der Waals surface area contributed by atoms with Crippen molar-refractivity contribution < 1.29 is 23.1 Å². The maximum atomic E-state index is 13.0. The summed E-state index contributed by atoms with van der Waals surface area (Å²) in [5, 5.41) is 10.5. The van der Waals surface area contributed by atoms with Gasteiger partial charge in [-0.05, 0) is 128 Å². The minimum Gasteiger partial charge on any atom is -0.449 e. The topological polar surface area (TPSA) is 92.7 Å². The molecule has 0 aliphatic heterocycles. The van der Waals surface area contributed by atoms with Gasteiger partial charge in [0.2, 0.25) is 0 Å². The van der Waals surface area contributed by atoms with Crippen molar-refractivity contribution in [3.05, 3.63) is 42.0 Å². The van der Waals surface area contributed by atoms with E-state index in [-0.39, 0.29) is 28.3 Å². The van der Waals surface area contributed by atoms with Crippen molar-refractivity contribution in [2.24, 2.45) is 52.3 Å². The molecule has 4 aliphatic carbocycles. The number of aliphatic hydroxyl groups is 1. The SMILES string of the molecule is CC[C@H]1C[C@H]2C3CC[C@H]([C@H](C)COC(=O)NS(=O)(=O)c4ccc(-c5ccc(C)cc5)s4)[C@@]3(C)CC[C@@H]2[C@@]2(C)CC[C@@H](O)C[C@@H]12. The number of carbonyl (C=O) groups excluding carboxylic acids is 1. The first kappa shape index (κ1) is 32.1. The molecule has 0 bridgehead atoms. The Morgan fingerprint density at radius 3 is 2.43 bits per heavy atom. The van der Waals surface area contributed by atoms with Crippen molar-refractivity contribution >= 4 is 27.5 Å². The molecule has 4 fully saturated rings. The Labute approximate surface area is 268 Å². The van der Waals surface area contributed by atoms with Crippen LogP contribution in [0.2, 0.25) is 0 Å². The van der Waals surface area contributed by atoms with Crippen LogP contribution >= 0.6 is 11.3 Å². The monoisotopic (exact) mass is 641 g/mol. The zero-order valence-electron chi connectivity index (χ0n) is 27.1. The number of aryl methyl sites for hydroxylation is 1. The van der Waals surface area contributed by atoms with Crippen LogP contribution in [0.3, 0.4) is 0 Å². The van der Waals surface area contributed by atoms with Crippen molar-refractivity contribution in [1.82, 2.24) is 4.72 Å². The number of nitrogens with one attached hydrogen (secondary N) is 1. The second-order valence-electron chi connectivity index (χ2n) is 15.2. The number of rotatable bonds is 7. The average molecular weight is 642 g/mol. The van der Waals surface area contributed by atoms with Crippen LogP contribution in [-0.4, -0.2) is 32.3 Å². The third-order valence-electron chi connectivity index (χ3n) is 13.0. The van der Waals surface area contributed by atoms with E-state index in [4.69, 9.17) is 4.74 Å². The van der Waals surface area contributed by atoms with Crippen molar-refractivity contribution in [3.63, 3.8) is 0 Å².